The van der Waals surface area contributed by atoms with Gasteiger partial charge in [-0.25, -0.2) is 9.89 Å². The lowest BCUT2D eigenvalue weighted by atomic mass is 9.94. The zero-order valence-electron chi connectivity index (χ0n) is 22.5. The predicted octanol–water partition coefficient (Wildman–Crippen LogP) is 6.37. The number of hydrogen-bond donors (Lipinski definition) is 2. The molecule has 0 aliphatic carbocycles. The molecule has 0 fully saturated rings. The topological polar surface area (TPSA) is 118 Å². The SMILES string of the molecule is CC1(O)OC(=O)C(c2ccccn2)=C1c1ccc(Cl)cc1.Cc1n[nH]c(=O)c(-c2ccccn2)c1-c1ccc(Cl)cc1. The van der Waals surface area contributed by atoms with E-state index in [1.54, 1.807) is 67.0 Å². The van der Waals surface area contributed by atoms with E-state index in [2.05, 4.69) is 20.2 Å². The Labute approximate surface area is 251 Å². The Morgan fingerprint density at radius 3 is 1.86 bits per heavy atom. The van der Waals surface area contributed by atoms with Crippen molar-refractivity contribution in [1.29, 1.82) is 0 Å². The van der Waals surface area contributed by atoms with Crippen molar-refractivity contribution in [2.24, 2.45) is 0 Å². The average Bonchev–Trinajstić information content (AvgIpc) is 3.24. The molecular weight excluding hydrogens is 575 g/mol. The standard InChI is InChI=1S/C16H12ClN3O.C16H12ClNO3/c1-10-14(11-5-7-12(17)8-6-11)15(16(21)20-19-10)13-4-2-3-9-18-13;1-16(20)14(10-5-7-11(17)8-6-10)13(15(19)21-16)12-4-2-3-9-18-12/h2-9H,1H3,(H,20,21);2-9,20H,1H3. The van der Waals surface area contributed by atoms with Crippen molar-refractivity contribution in [3.8, 4) is 22.4 Å². The minimum atomic E-state index is -1.70. The van der Waals surface area contributed by atoms with E-state index >= 15 is 0 Å². The first kappa shape index (κ1) is 28.9. The van der Waals surface area contributed by atoms with Crippen molar-refractivity contribution in [3.05, 3.63) is 135 Å². The molecule has 4 heterocycles. The number of carbonyl (C=O) groups excluding carboxylic acids is 1. The minimum Gasteiger partial charge on any atom is -0.425 e. The van der Waals surface area contributed by atoms with Crippen LogP contribution in [0.3, 0.4) is 0 Å². The third-order valence-electron chi connectivity index (χ3n) is 6.48. The summed E-state index contributed by atoms with van der Waals surface area (Å²) in [6.07, 6.45) is 3.25. The van der Waals surface area contributed by atoms with E-state index in [1.165, 1.54) is 6.92 Å². The molecule has 6 rings (SSSR count). The maximum absolute atomic E-state index is 12.2. The molecule has 1 unspecified atom stereocenters. The second-order valence-electron chi connectivity index (χ2n) is 9.45. The monoisotopic (exact) mass is 598 g/mol. The van der Waals surface area contributed by atoms with Crippen molar-refractivity contribution in [3.63, 3.8) is 0 Å². The highest BCUT2D eigenvalue weighted by atomic mass is 35.5. The number of esters is 1. The van der Waals surface area contributed by atoms with Gasteiger partial charge in [-0.05, 0) is 66.6 Å². The first-order valence-corrected chi connectivity index (χ1v) is 13.6. The highest BCUT2D eigenvalue weighted by Gasteiger charge is 2.44. The molecule has 5 aromatic rings. The molecule has 1 aliphatic heterocycles. The van der Waals surface area contributed by atoms with Gasteiger partial charge in [0.1, 0.15) is 0 Å². The normalized spacial score (nSPS) is 16.1. The van der Waals surface area contributed by atoms with E-state index < -0.39 is 11.8 Å². The number of aryl methyl sites for hydroxylation is 1. The maximum atomic E-state index is 12.2. The van der Waals surface area contributed by atoms with Crippen molar-refractivity contribution in [2.45, 2.75) is 19.6 Å². The Balaban J connectivity index is 0.000000168. The first-order valence-electron chi connectivity index (χ1n) is 12.8. The summed E-state index contributed by atoms with van der Waals surface area (Å²) in [5, 5.41) is 18.2. The molecule has 210 valence electrons. The number of H-pyrrole nitrogens is 1. The van der Waals surface area contributed by atoms with Gasteiger partial charge in [0.05, 0.1) is 28.2 Å². The molecule has 1 atom stereocenters. The molecule has 0 saturated carbocycles. The molecular formula is C32H24Cl2N4O4. The number of rotatable bonds is 4. The molecule has 0 spiro atoms. The molecule has 0 radical (unpaired) electrons. The van der Waals surface area contributed by atoms with Crippen molar-refractivity contribution in [1.82, 2.24) is 20.2 Å². The first-order chi connectivity index (χ1) is 20.2. The Morgan fingerprint density at radius 1 is 0.762 bits per heavy atom. The molecule has 0 bridgehead atoms. The lowest BCUT2D eigenvalue weighted by molar-refractivity contribution is -0.169. The van der Waals surface area contributed by atoms with Crippen molar-refractivity contribution >= 4 is 40.3 Å². The van der Waals surface area contributed by atoms with Crippen LogP contribution in [0.1, 0.15) is 23.9 Å². The van der Waals surface area contributed by atoms with Gasteiger partial charge in [0.25, 0.3) is 5.56 Å². The van der Waals surface area contributed by atoms with Crippen LogP contribution in [0, 0.1) is 6.92 Å². The highest BCUT2D eigenvalue weighted by molar-refractivity contribution is 6.31. The van der Waals surface area contributed by atoms with Gasteiger partial charge in [-0.3, -0.25) is 14.8 Å². The number of pyridine rings is 2. The van der Waals surface area contributed by atoms with Gasteiger partial charge in [-0.1, -0.05) is 59.6 Å². The molecule has 3 aromatic heterocycles. The van der Waals surface area contributed by atoms with E-state index in [1.807, 2.05) is 37.3 Å². The third kappa shape index (κ3) is 6.01. The number of aromatic nitrogens is 4. The number of ether oxygens (including phenoxy) is 1. The van der Waals surface area contributed by atoms with E-state index in [0.717, 1.165) is 16.8 Å². The lowest BCUT2D eigenvalue weighted by Crippen LogP contribution is -2.26. The highest BCUT2D eigenvalue weighted by Crippen LogP contribution is 2.42. The van der Waals surface area contributed by atoms with Gasteiger partial charge in [0, 0.05) is 40.5 Å². The van der Waals surface area contributed by atoms with Crippen LogP contribution >= 0.6 is 23.2 Å². The van der Waals surface area contributed by atoms with Crippen LogP contribution in [0.5, 0.6) is 0 Å². The van der Waals surface area contributed by atoms with Gasteiger partial charge in [0.15, 0.2) is 0 Å². The van der Waals surface area contributed by atoms with Crippen LogP contribution in [0.25, 0.3) is 33.5 Å². The number of halogens is 2. The van der Waals surface area contributed by atoms with E-state index in [4.69, 9.17) is 27.9 Å². The summed E-state index contributed by atoms with van der Waals surface area (Å²) in [4.78, 5) is 32.8. The number of carbonyl (C=O) groups is 1. The molecule has 2 N–H and O–H groups in total. The quantitative estimate of drug-likeness (QED) is 0.231. The fourth-order valence-corrected chi connectivity index (χ4v) is 4.91. The zero-order chi connectivity index (χ0) is 29.9. The predicted molar refractivity (Wildman–Crippen MR) is 162 cm³/mol. The van der Waals surface area contributed by atoms with Gasteiger partial charge in [0.2, 0.25) is 5.79 Å². The number of aliphatic hydroxyl groups is 1. The van der Waals surface area contributed by atoms with Gasteiger partial charge in [-0.15, -0.1) is 0 Å². The zero-order valence-corrected chi connectivity index (χ0v) is 24.0. The van der Waals surface area contributed by atoms with Gasteiger partial charge in [-0.2, -0.15) is 5.10 Å². The van der Waals surface area contributed by atoms with Crippen LogP contribution < -0.4 is 5.56 Å². The number of nitrogens with zero attached hydrogens (tertiary/aromatic N) is 3. The Bertz CT molecular complexity index is 1820. The van der Waals surface area contributed by atoms with E-state index in [9.17, 15) is 14.7 Å². The molecule has 1 aliphatic rings. The largest absolute Gasteiger partial charge is 0.425 e. The van der Waals surface area contributed by atoms with E-state index in [-0.39, 0.29) is 11.1 Å². The van der Waals surface area contributed by atoms with Crippen LogP contribution in [0.15, 0.2) is 102 Å². The van der Waals surface area contributed by atoms with Crippen molar-refractivity contribution < 1.29 is 14.6 Å². The second kappa shape index (κ2) is 12.1. The smallest absolute Gasteiger partial charge is 0.343 e. The number of benzene rings is 2. The number of cyclic esters (lactones) is 1. The average molecular weight is 599 g/mol. The van der Waals surface area contributed by atoms with Crippen LogP contribution in [0.4, 0.5) is 0 Å². The molecule has 2 aromatic carbocycles. The summed E-state index contributed by atoms with van der Waals surface area (Å²) in [5.41, 5.74) is 5.05. The fraction of sp³-hybridized carbons (Fsp3) is 0.0938. The minimum absolute atomic E-state index is 0.260. The van der Waals surface area contributed by atoms with Crippen LogP contribution in [0.2, 0.25) is 10.0 Å². The summed E-state index contributed by atoms with van der Waals surface area (Å²) in [6, 6.07) is 24.9. The maximum Gasteiger partial charge on any atom is 0.343 e. The van der Waals surface area contributed by atoms with Crippen LogP contribution in [-0.4, -0.2) is 37.0 Å². The summed E-state index contributed by atoms with van der Waals surface area (Å²) >= 11 is 11.8. The fourth-order valence-electron chi connectivity index (χ4n) is 4.65. The molecule has 10 heteroatoms. The number of hydrogen-bond acceptors (Lipinski definition) is 7. The number of nitrogens with one attached hydrogen (secondary N) is 1. The molecule has 8 nitrogen and oxygen atoms in total. The number of aromatic amines is 1. The Morgan fingerprint density at radius 2 is 1.31 bits per heavy atom. The Kier molecular flexibility index (Phi) is 8.31. The summed E-state index contributed by atoms with van der Waals surface area (Å²) in [5.74, 6) is -2.29. The van der Waals surface area contributed by atoms with Crippen molar-refractivity contribution in [2.75, 3.05) is 0 Å². The summed E-state index contributed by atoms with van der Waals surface area (Å²) in [7, 11) is 0. The third-order valence-corrected chi connectivity index (χ3v) is 6.99. The molecule has 42 heavy (non-hydrogen) atoms. The Hall–Kier alpha value is -4.63. The lowest BCUT2D eigenvalue weighted by Gasteiger charge is -2.19. The summed E-state index contributed by atoms with van der Waals surface area (Å²) < 4.78 is 5.08. The molecule has 0 amide bonds. The second-order valence-corrected chi connectivity index (χ2v) is 10.3. The van der Waals surface area contributed by atoms with Crippen LogP contribution in [-0.2, 0) is 9.53 Å². The summed E-state index contributed by atoms with van der Waals surface area (Å²) in [6.45, 7) is 3.29. The van der Waals surface area contributed by atoms with Gasteiger partial charge >= 0.3 is 5.97 Å². The van der Waals surface area contributed by atoms with Gasteiger partial charge < -0.3 is 9.84 Å². The van der Waals surface area contributed by atoms with E-state index in [0.29, 0.717) is 38.1 Å². The molecule has 0 saturated heterocycles.